The number of nitrogens with zero attached hydrogens (tertiary/aromatic N) is 1. The summed E-state index contributed by atoms with van der Waals surface area (Å²) >= 11 is 6.59. The second-order valence-electron chi connectivity index (χ2n) is 9.47. The van der Waals surface area contributed by atoms with E-state index in [1.54, 1.807) is 25.1 Å². The number of carbonyl (C=O) groups is 4. The van der Waals surface area contributed by atoms with Crippen LogP contribution in [0, 0.1) is 0 Å². The fraction of sp³-hybridized carbons (Fsp3) is 0.393. The maximum atomic E-state index is 12.8. The second-order valence-corrected chi connectivity index (χ2v) is 11.2. The Morgan fingerprint density at radius 1 is 1.04 bits per heavy atom. The normalized spacial score (nSPS) is 13.6. The average Bonchev–Trinajstić information content (AvgIpc) is 3.21. The van der Waals surface area contributed by atoms with E-state index in [-0.39, 0.29) is 30.1 Å². The summed E-state index contributed by atoms with van der Waals surface area (Å²) in [5, 5.41) is 36.1. The van der Waals surface area contributed by atoms with Crippen LogP contribution in [0.25, 0.3) is 0 Å². The third-order valence-corrected chi connectivity index (χ3v) is 7.00. The van der Waals surface area contributed by atoms with E-state index in [0.29, 0.717) is 20.2 Å². The number of amides is 2. The van der Waals surface area contributed by atoms with Crippen molar-refractivity contribution in [2.75, 3.05) is 25.0 Å². The largest absolute Gasteiger partial charge is 0.508 e. The van der Waals surface area contributed by atoms with Gasteiger partial charge in [-0.05, 0) is 60.0 Å². The lowest BCUT2D eigenvalue weighted by Gasteiger charge is -2.21. The van der Waals surface area contributed by atoms with Crippen molar-refractivity contribution < 1.29 is 52.4 Å². The van der Waals surface area contributed by atoms with Crippen LogP contribution >= 0.6 is 31.9 Å². The molecule has 3 rings (SSSR count). The minimum atomic E-state index is -5.08. The number of phenols is 2. The van der Waals surface area contributed by atoms with Crippen molar-refractivity contribution in [1.29, 1.82) is 0 Å². The molecule has 0 aromatic heterocycles. The van der Waals surface area contributed by atoms with Crippen molar-refractivity contribution in [2.24, 2.45) is 4.99 Å². The molecule has 1 atom stereocenters. The Labute approximate surface area is 272 Å². The van der Waals surface area contributed by atoms with Crippen LogP contribution < -0.4 is 16.0 Å². The van der Waals surface area contributed by atoms with Crippen LogP contribution in [0.4, 0.5) is 18.9 Å². The number of alkyl halides is 3. The number of carboxylic acid groups (broad SMARTS) is 1. The van der Waals surface area contributed by atoms with Gasteiger partial charge in [0.1, 0.15) is 17.3 Å². The van der Waals surface area contributed by atoms with Crippen LogP contribution in [0.1, 0.15) is 61.0 Å². The Bertz CT molecular complexity index is 1420. The van der Waals surface area contributed by atoms with E-state index in [4.69, 9.17) is 14.6 Å². The smallest absolute Gasteiger partial charge is 0.490 e. The van der Waals surface area contributed by atoms with Gasteiger partial charge in [0.25, 0.3) is 5.91 Å². The summed E-state index contributed by atoms with van der Waals surface area (Å²) in [4.78, 5) is 51.1. The molecular weight excluding hydrogens is 737 g/mol. The monoisotopic (exact) mass is 766 g/mol. The predicted octanol–water partition coefficient (Wildman–Crippen LogP) is 5.18. The summed E-state index contributed by atoms with van der Waals surface area (Å²) in [6.07, 6.45) is -1.38. The Hall–Kier alpha value is -3.86. The van der Waals surface area contributed by atoms with Gasteiger partial charge in [0.15, 0.2) is 0 Å². The van der Waals surface area contributed by atoms with Gasteiger partial charge in [-0.15, -0.1) is 0 Å². The molecule has 0 bridgehead atoms. The van der Waals surface area contributed by atoms with Crippen molar-refractivity contribution >= 4 is 67.1 Å². The number of hydrogen-bond donors (Lipinski definition) is 6. The summed E-state index contributed by atoms with van der Waals surface area (Å²) in [5.41, 5.74) is 0.973. The number of rotatable bonds is 9. The summed E-state index contributed by atoms with van der Waals surface area (Å²) < 4.78 is 37.7. The van der Waals surface area contributed by atoms with Crippen LogP contribution in [0.15, 0.2) is 44.3 Å². The van der Waals surface area contributed by atoms with Crippen LogP contribution in [0.2, 0.25) is 0 Å². The maximum Gasteiger partial charge on any atom is 0.490 e. The molecule has 0 radical (unpaired) electrons. The molecule has 1 aliphatic heterocycles. The molecule has 0 spiro atoms. The molecule has 45 heavy (non-hydrogen) atoms. The SMILES string of the molecule is CCOC(=O)C[C@@H](NC(=O)CNC(=O)c1cc(O)cc(NC2=NCCCCC2)c1)c1cc(Br)cc(Br)c1O.O=C(O)C(F)(F)F. The van der Waals surface area contributed by atoms with E-state index >= 15 is 0 Å². The second kappa shape index (κ2) is 17.6. The molecule has 246 valence electrons. The van der Waals surface area contributed by atoms with Gasteiger partial charge < -0.3 is 36.0 Å². The maximum absolute atomic E-state index is 12.8. The van der Waals surface area contributed by atoms with Crippen LogP contribution in [0.3, 0.4) is 0 Å². The van der Waals surface area contributed by atoms with E-state index in [0.717, 1.165) is 38.1 Å². The first-order valence-corrected chi connectivity index (χ1v) is 15.0. The van der Waals surface area contributed by atoms with Crippen LogP contribution in [-0.2, 0) is 19.1 Å². The molecule has 2 aromatic rings. The van der Waals surface area contributed by atoms with E-state index in [1.807, 2.05) is 0 Å². The van der Waals surface area contributed by atoms with Gasteiger partial charge in [0.2, 0.25) is 5.91 Å². The number of halogens is 5. The summed E-state index contributed by atoms with van der Waals surface area (Å²) in [5.74, 6) is -3.92. The quantitative estimate of drug-likeness (QED) is 0.187. The first kappa shape index (κ1) is 37.3. The van der Waals surface area contributed by atoms with Crippen LogP contribution in [-0.4, -0.2) is 70.8 Å². The first-order valence-electron chi connectivity index (χ1n) is 13.5. The minimum absolute atomic E-state index is 0.107. The van der Waals surface area contributed by atoms with Gasteiger partial charge in [-0.3, -0.25) is 19.4 Å². The van der Waals surface area contributed by atoms with Crippen molar-refractivity contribution in [3.8, 4) is 11.5 Å². The molecule has 0 fully saturated rings. The molecule has 0 saturated heterocycles. The van der Waals surface area contributed by atoms with Gasteiger partial charge in [-0.25, -0.2) is 4.79 Å². The zero-order chi connectivity index (χ0) is 33.7. The van der Waals surface area contributed by atoms with Crippen LogP contribution in [0.5, 0.6) is 11.5 Å². The number of nitrogens with one attached hydrogen (secondary N) is 3. The van der Waals surface area contributed by atoms with E-state index < -0.39 is 42.5 Å². The van der Waals surface area contributed by atoms with Crippen molar-refractivity contribution in [3.05, 3.63) is 50.4 Å². The number of amidine groups is 1. The third-order valence-electron chi connectivity index (χ3n) is 5.94. The van der Waals surface area contributed by atoms with Gasteiger partial charge in [0.05, 0.1) is 30.1 Å². The lowest BCUT2D eigenvalue weighted by Crippen LogP contribution is -2.39. The van der Waals surface area contributed by atoms with Crippen molar-refractivity contribution in [1.82, 2.24) is 10.6 Å². The molecule has 0 aliphatic carbocycles. The topological polar surface area (TPSA) is 187 Å². The van der Waals surface area contributed by atoms with E-state index in [2.05, 4.69) is 52.8 Å². The molecule has 0 unspecified atom stereocenters. The highest BCUT2D eigenvalue weighted by Crippen LogP contribution is 2.36. The van der Waals surface area contributed by atoms with Crippen molar-refractivity contribution in [3.63, 3.8) is 0 Å². The number of anilines is 1. The minimum Gasteiger partial charge on any atom is -0.508 e. The number of benzene rings is 2. The van der Waals surface area contributed by atoms with Gasteiger partial charge in [-0.2, -0.15) is 13.2 Å². The molecule has 0 saturated carbocycles. The highest BCUT2D eigenvalue weighted by Gasteiger charge is 2.38. The molecule has 1 heterocycles. The zero-order valence-electron chi connectivity index (χ0n) is 23.8. The third kappa shape index (κ3) is 13.0. The number of aromatic hydroxyl groups is 2. The first-order chi connectivity index (χ1) is 21.1. The number of hydrogen-bond acceptors (Lipinski definition) is 9. The lowest BCUT2D eigenvalue weighted by atomic mass is 10.0. The summed E-state index contributed by atoms with van der Waals surface area (Å²) in [6, 6.07) is 6.67. The fourth-order valence-corrected chi connectivity index (χ4v) is 5.20. The highest BCUT2D eigenvalue weighted by atomic mass is 79.9. The number of ether oxygens (including phenoxy) is 1. The predicted molar refractivity (Wildman–Crippen MR) is 164 cm³/mol. The average molecular weight is 768 g/mol. The molecule has 2 aromatic carbocycles. The van der Waals surface area contributed by atoms with E-state index in [9.17, 15) is 37.8 Å². The number of phenolic OH excluding ortho intramolecular Hbond substituents is 2. The van der Waals surface area contributed by atoms with Crippen molar-refractivity contribution in [2.45, 2.75) is 51.2 Å². The molecule has 12 nitrogen and oxygen atoms in total. The molecule has 17 heteroatoms. The molecule has 2 amide bonds. The van der Waals surface area contributed by atoms with Gasteiger partial charge >= 0.3 is 18.1 Å². The Kier molecular flexibility index (Phi) is 14.6. The molecule has 1 aliphatic rings. The standard InChI is InChI=1S/C26H30Br2N4O6.C2HF3O2/c1-2-38-24(35)13-21(19-10-16(27)11-20(28)25(19)36)32-23(34)14-30-26(37)15-8-17(12-18(33)9-15)31-22-6-4-3-5-7-29-22;3-2(4,5)1(6)7/h8-12,21,33,36H,2-7,13-14H2,1H3,(H,29,31)(H,30,37)(H,32,34);(H,6,7)/t21-;/m1./s1. The van der Waals surface area contributed by atoms with Gasteiger partial charge in [-0.1, -0.05) is 22.4 Å². The lowest BCUT2D eigenvalue weighted by molar-refractivity contribution is -0.192. The number of carboxylic acids is 1. The Morgan fingerprint density at radius 3 is 2.38 bits per heavy atom. The zero-order valence-corrected chi connectivity index (χ0v) is 27.0. The molecular formula is C28H31Br2F3N4O8. The number of aliphatic imine (C=N–C) groups is 1. The summed E-state index contributed by atoms with van der Waals surface area (Å²) in [6.45, 7) is 2.16. The Morgan fingerprint density at radius 2 is 1.73 bits per heavy atom. The Balaban J connectivity index is 0.000000900. The fourth-order valence-electron chi connectivity index (χ4n) is 3.94. The molecule has 6 N–H and O–H groups in total. The van der Waals surface area contributed by atoms with Gasteiger partial charge in [0, 0.05) is 40.3 Å². The number of carbonyl (C=O) groups excluding carboxylic acids is 3. The number of aliphatic carboxylic acids is 1. The number of esters is 1. The summed E-state index contributed by atoms with van der Waals surface area (Å²) in [7, 11) is 0. The highest BCUT2D eigenvalue weighted by molar-refractivity contribution is 9.11. The van der Waals surface area contributed by atoms with E-state index in [1.165, 1.54) is 12.1 Å².